The Hall–Kier alpha value is -2.71. The van der Waals surface area contributed by atoms with Crippen LogP contribution in [0, 0.1) is 0 Å². The van der Waals surface area contributed by atoms with E-state index >= 15 is 0 Å². The molecule has 0 atom stereocenters. The lowest BCUT2D eigenvalue weighted by Crippen LogP contribution is -2.02. The first-order valence-electron chi connectivity index (χ1n) is 9.73. The second kappa shape index (κ2) is 10.1. The first kappa shape index (κ1) is 23.4. The number of carbonyl (C=O) groups is 1. The summed E-state index contributed by atoms with van der Waals surface area (Å²) < 4.78 is 7.65. The van der Waals surface area contributed by atoms with Gasteiger partial charge in [-0.3, -0.25) is 0 Å². The van der Waals surface area contributed by atoms with Crippen LogP contribution in [0.15, 0.2) is 69.1 Å². The summed E-state index contributed by atoms with van der Waals surface area (Å²) in [6, 6.07) is 15.7. The Morgan fingerprint density at radius 3 is 2.45 bits per heavy atom. The fourth-order valence-electron chi connectivity index (χ4n) is 3.09. The zero-order valence-electron chi connectivity index (χ0n) is 17.1. The lowest BCUT2D eigenvalue weighted by molar-refractivity contribution is -0.131. The average molecular weight is 521 g/mol. The van der Waals surface area contributed by atoms with Gasteiger partial charge >= 0.3 is 5.97 Å². The molecule has 0 bridgehead atoms. The Balaban J connectivity index is 1.63. The number of aliphatic carboxylic acids is 1. The number of thioether (sulfide) groups is 1. The molecule has 6 nitrogen and oxygen atoms in total. The molecule has 0 radical (unpaired) electrons. The van der Waals surface area contributed by atoms with E-state index in [1.54, 1.807) is 42.5 Å². The van der Waals surface area contributed by atoms with E-state index < -0.39 is 5.97 Å². The van der Waals surface area contributed by atoms with E-state index in [9.17, 15) is 9.90 Å². The molecule has 0 aliphatic carbocycles. The lowest BCUT2D eigenvalue weighted by atomic mass is 10.2. The van der Waals surface area contributed by atoms with Crippen LogP contribution in [0.2, 0.25) is 15.1 Å². The number of hydrogen-bond donors (Lipinski definition) is 1. The summed E-state index contributed by atoms with van der Waals surface area (Å²) in [5.74, 6) is 0.376. The molecule has 33 heavy (non-hydrogen) atoms. The van der Waals surface area contributed by atoms with Crippen molar-refractivity contribution in [2.24, 2.45) is 0 Å². The molecule has 0 aliphatic heterocycles. The van der Waals surface area contributed by atoms with E-state index in [2.05, 4.69) is 10.2 Å². The Kier molecular flexibility index (Phi) is 7.14. The van der Waals surface area contributed by atoms with Gasteiger partial charge < -0.3 is 14.1 Å². The molecule has 168 valence electrons. The molecule has 2 aromatic heterocycles. The van der Waals surface area contributed by atoms with E-state index in [4.69, 9.17) is 39.2 Å². The van der Waals surface area contributed by atoms with Crippen LogP contribution >= 0.6 is 46.6 Å². The van der Waals surface area contributed by atoms with E-state index in [-0.39, 0.29) is 4.91 Å². The minimum atomic E-state index is -1.11. The van der Waals surface area contributed by atoms with Gasteiger partial charge in [0.1, 0.15) is 16.4 Å². The molecule has 4 aromatic rings. The zero-order chi connectivity index (χ0) is 23.5. The van der Waals surface area contributed by atoms with Crippen LogP contribution in [0.25, 0.3) is 28.8 Å². The van der Waals surface area contributed by atoms with Crippen molar-refractivity contribution in [2.75, 3.05) is 0 Å². The number of hydrogen-bond acceptors (Lipinski definition) is 5. The first-order valence-corrected chi connectivity index (χ1v) is 11.7. The number of furan rings is 1. The maximum absolute atomic E-state index is 12.0. The van der Waals surface area contributed by atoms with Crippen LogP contribution in [0.3, 0.4) is 0 Å². The smallest absolute Gasteiger partial charge is 0.342 e. The molecule has 0 saturated heterocycles. The predicted molar refractivity (Wildman–Crippen MR) is 132 cm³/mol. The van der Waals surface area contributed by atoms with Gasteiger partial charge in [-0.1, -0.05) is 34.8 Å². The zero-order valence-corrected chi connectivity index (χ0v) is 20.2. The largest absolute Gasteiger partial charge is 0.477 e. The third-order valence-corrected chi connectivity index (χ3v) is 6.44. The molecule has 2 aromatic carbocycles. The number of nitrogens with zero attached hydrogens (tertiary/aromatic N) is 3. The topological polar surface area (TPSA) is 81.2 Å². The van der Waals surface area contributed by atoms with Crippen molar-refractivity contribution >= 4 is 58.6 Å². The highest BCUT2D eigenvalue weighted by atomic mass is 35.5. The SMILES string of the molecule is CCn1c(S/C(=C\c2ccc(-c3ccc(Cl)cc3Cl)o2)C(=O)O)nnc1-c1ccc(Cl)cc1. The van der Waals surface area contributed by atoms with Crippen molar-refractivity contribution in [3.8, 4) is 22.7 Å². The Bertz CT molecular complexity index is 1350. The molecule has 1 N–H and O–H groups in total. The Morgan fingerprint density at radius 1 is 1.06 bits per heavy atom. The van der Waals surface area contributed by atoms with Gasteiger partial charge in [0.25, 0.3) is 0 Å². The summed E-state index contributed by atoms with van der Waals surface area (Å²) in [4.78, 5) is 12.0. The van der Waals surface area contributed by atoms with Crippen LogP contribution in [0.4, 0.5) is 0 Å². The predicted octanol–water partition coefficient (Wildman–Crippen LogP) is 7.40. The summed E-state index contributed by atoms with van der Waals surface area (Å²) >= 11 is 19.2. The molecule has 0 fully saturated rings. The molecule has 0 saturated carbocycles. The third-order valence-electron chi connectivity index (χ3n) is 4.64. The average Bonchev–Trinajstić information content (AvgIpc) is 3.40. The first-order chi connectivity index (χ1) is 15.9. The van der Waals surface area contributed by atoms with Crippen LogP contribution in [-0.2, 0) is 11.3 Å². The lowest BCUT2D eigenvalue weighted by Gasteiger charge is -2.07. The maximum Gasteiger partial charge on any atom is 0.342 e. The molecule has 4 rings (SSSR count). The van der Waals surface area contributed by atoms with Gasteiger partial charge in [0, 0.05) is 33.8 Å². The standard InChI is InChI=1S/C23H16Cl3N3O3S/c1-2-29-21(13-3-5-14(24)6-4-13)27-28-23(29)33-20(22(30)31)12-16-8-10-19(32-16)17-9-7-15(25)11-18(17)26/h3-12H,2H2,1H3,(H,30,31)/b20-12-. The van der Waals surface area contributed by atoms with Gasteiger partial charge in [0.2, 0.25) is 0 Å². The van der Waals surface area contributed by atoms with Gasteiger partial charge in [-0.15, -0.1) is 10.2 Å². The summed E-state index contributed by atoms with van der Waals surface area (Å²) in [7, 11) is 0. The fraction of sp³-hybridized carbons (Fsp3) is 0.0870. The van der Waals surface area contributed by atoms with E-state index in [0.717, 1.165) is 17.3 Å². The maximum atomic E-state index is 12.0. The van der Waals surface area contributed by atoms with E-state index in [1.165, 1.54) is 6.08 Å². The van der Waals surface area contributed by atoms with Crippen LogP contribution in [0.1, 0.15) is 12.7 Å². The van der Waals surface area contributed by atoms with Crippen LogP contribution < -0.4 is 0 Å². The second-order valence-corrected chi connectivity index (χ2v) is 9.09. The Labute approximate surface area is 208 Å². The van der Waals surface area contributed by atoms with E-state index in [0.29, 0.717) is 49.7 Å². The minimum absolute atomic E-state index is 0.0304. The molecule has 0 amide bonds. The summed E-state index contributed by atoms with van der Waals surface area (Å²) in [5.41, 5.74) is 1.49. The molecule has 2 heterocycles. The molecule has 10 heteroatoms. The Morgan fingerprint density at radius 2 is 1.79 bits per heavy atom. The normalized spacial score (nSPS) is 11.7. The molecule has 0 unspecified atom stereocenters. The highest BCUT2D eigenvalue weighted by Crippen LogP contribution is 2.34. The van der Waals surface area contributed by atoms with Gasteiger partial charge in [-0.25, -0.2) is 4.79 Å². The van der Waals surface area contributed by atoms with Gasteiger partial charge in [0.15, 0.2) is 11.0 Å². The van der Waals surface area contributed by atoms with Crippen molar-refractivity contribution in [1.82, 2.24) is 14.8 Å². The van der Waals surface area contributed by atoms with Crippen LogP contribution in [-0.4, -0.2) is 25.8 Å². The number of carboxylic acids is 1. The number of benzene rings is 2. The van der Waals surface area contributed by atoms with Gasteiger partial charge in [0.05, 0.1) is 5.02 Å². The molecular weight excluding hydrogens is 505 g/mol. The summed E-state index contributed by atoms with van der Waals surface area (Å²) in [6.07, 6.45) is 1.44. The van der Waals surface area contributed by atoms with Gasteiger partial charge in [-0.2, -0.15) is 0 Å². The van der Waals surface area contributed by atoms with Crippen molar-refractivity contribution < 1.29 is 14.3 Å². The number of aromatic nitrogens is 3. The molecule has 0 aliphatic rings. The highest BCUT2D eigenvalue weighted by molar-refractivity contribution is 8.04. The summed E-state index contributed by atoms with van der Waals surface area (Å²) in [6.45, 7) is 2.49. The number of rotatable bonds is 7. The monoisotopic (exact) mass is 519 g/mol. The number of halogens is 3. The molecule has 0 spiro atoms. The van der Waals surface area contributed by atoms with Crippen LogP contribution in [0.5, 0.6) is 0 Å². The minimum Gasteiger partial charge on any atom is -0.477 e. The highest BCUT2D eigenvalue weighted by Gasteiger charge is 2.19. The number of carboxylic acid groups (broad SMARTS) is 1. The quantitative estimate of drug-likeness (QED) is 0.202. The third kappa shape index (κ3) is 5.28. The second-order valence-electron chi connectivity index (χ2n) is 6.80. The fourth-order valence-corrected chi connectivity index (χ4v) is 4.58. The molecular formula is C23H16Cl3N3O3S. The van der Waals surface area contributed by atoms with Crippen molar-refractivity contribution in [2.45, 2.75) is 18.6 Å². The van der Waals surface area contributed by atoms with Crippen molar-refractivity contribution in [1.29, 1.82) is 0 Å². The van der Waals surface area contributed by atoms with E-state index in [1.807, 2.05) is 23.6 Å². The van der Waals surface area contributed by atoms with Gasteiger partial charge in [-0.05, 0) is 73.3 Å². The van der Waals surface area contributed by atoms with Crippen molar-refractivity contribution in [3.63, 3.8) is 0 Å². The summed E-state index contributed by atoms with van der Waals surface area (Å²) in [5, 5.41) is 20.2. The van der Waals surface area contributed by atoms with Crippen molar-refractivity contribution in [3.05, 3.63) is 80.3 Å².